The van der Waals surface area contributed by atoms with Gasteiger partial charge in [-0.1, -0.05) is 12.1 Å². The standard InChI is InChI=1S/C15H18O3/c1-11(2)18-14-6-4-5-12(9-14)15(3,16)13-7-8-17-10-13/h4-11,16H,1-3H3. The third-order valence-electron chi connectivity index (χ3n) is 2.85. The molecule has 0 saturated heterocycles. The predicted molar refractivity (Wildman–Crippen MR) is 69.6 cm³/mol. The van der Waals surface area contributed by atoms with Crippen LogP contribution in [0, 0.1) is 0 Å². The van der Waals surface area contributed by atoms with Gasteiger partial charge in [0.25, 0.3) is 0 Å². The molecule has 18 heavy (non-hydrogen) atoms. The summed E-state index contributed by atoms with van der Waals surface area (Å²) >= 11 is 0. The molecular formula is C15H18O3. The molecule has 2 aromatic rings. The molecule has 1 N–H and O–H groups in total. The summed E-state index contributed by atoms with van der Waals surface area (Å²) in [7, 11) is 0. The third kappa shape index (κ3) is 2.57. The number of aliphatic hydroxyl groups is 1. The molecule has 3 nitrogen and oxygen atoms in total. The van der Waals surface area contributed by atoms with Gasteiger partial charge in [0.05, 0.1) is 18.6 Å². The van der Waals surface area contributed by atoms with E-state index in [-0.39, 0.29) is 6.10 Å². The second-order valence-electron chi connectivity index (χ2n) is 4.78. The van der Waals surface area contributed by atoms with Crippen LogP contribution in [0.1, 0.15) is 31.9 Å². The Hall–Kier alpha value is -1.74. The lowest BCUT2D eigenvalue weighted by atomic mass is 9.90. The lowest BCUT2D eigenvalue weighted by Gasteiger charge is -2.23. The van der Waals surface area contributed by atoms with Gasteiger partial charge in [-0.25, -0.2) is 0 Å². The fourth-order valence-corrected chi connectivity index (χ4v) is 1.85. The zero-order valence-electron chi connectivity index (χ0n) is 10.9. The molecule has 1 aromatic heterocycles. The van der Waals surface area contributed by atoms with Crippen LogP contribution in [0.5, 0.6) is 5.75 Å². The van der Waals surface area contributed by atoms with Gasteiger partial charge in [-0.2, -0.15) is 0 Å². The molecule has 0 aliphatic carbocycles. The molecule has 0 spiro atoms. The summed E-state index contributed by atoms with van der Waals surface area (Å²) in [6.07, 6.45) is 3.22. The molecule has 1 aromatic carbocycles. The van der Waals surface area contributed by atoms with Crippen molar-refractivity contribution in [3.8, 4) is 5.75 Å². The molecule has 1 heterocycles. The molecule has 3 heteroatoms. The van der Waals surface area contributed by atoms with Gasteiger partial charge in [-0.05, 0) is 44.5 Å². The molecule has 0 saturated carbocycles. The van der Waals surface area contributed by atoms with Crippen molar-refractivity contribution in [2.24, 2.45) is 0 Å². The largest absolute Gasteiger partial charge is 0.491 e. The first kappa shape index (κ1) is 12.7. The van der Waals surface area contributed by atoms with Crippen LogP contribution in [-0.2, 0) is 5.60 Å². The van der Waals surface area contributed by atoms with Crippen LogP contribution >= 0.6 is 0 Å². The van der Waals surface area contributed by atoms with Crippen LogP contribution in [0.15, 0.2) is 47.3 Å². The van der Waals surface area contributed by atoms with Crippen molar-refractivity contribution in [2.45, 2.75) is 32.5 Å². The van der Waals surface area contributed by atoms with E-state index < -0.39 is 5.60 Å². The van der Waals surface area contributed by atoms with Crippen molar-refractivity contribution in [1.29, 1.82) is 0 Å². The average Bonchev–Trinajstić information content (AvgIpc) is 2.82. The summed E-state index contributed by atoms with van der Waals surface area (Å²) in [6, 6.07) is 9.25. The van der Waals surface area contributed by atoms with Crippen molar-refractivity contribution in [2.75, 3.05) is 0 Å². The van der Waals surface area contributed by atoms with Crippen LogP contribution in [0.25, 0.3) is 0 Å². The summed E-state index contributed by atoms with van der Waals surface area (Å²) in [6.45, 7) is 5.69. The number of rotatable bonds is 4. The number of ether oxygens (including phenoxy) is 1. The van der Waals surface area contributed by atoms with Crippen LogP contribution < -0.4 is 4.74 Å². The van der Waals surface area contributed by atoms with E-state index in [2.05, 4.69) is 0 Å². The summed E-state index contributed by atoms with van der Waals surface area (Å²) in [4.78, 5) is 0. The van der Waals surface area contributed by atoms with E-state index in [4.69, 9.17) is 9.15 Å². The van der Waals surface area contributed by atoms with E-state index in [0.29, 0.717) is 0 Å². The van der Waals surface area contributed by atoms with Crippen LogP contribution in [-0.4, -0.2) is 11.2 Å². The predicted octanol–water partition coefficient (Wildman–Crippen LogP) is 3.32. The monoisotopic (exact) mass is 246 g/mol. The molecule has 0 bridgehead atoms. The van der Waals surface area contributed by atoms with Crippen molar-refractivity contribution in [3.05, 3.63) is 54.0 Å². The van der Waals surface area contributed by atoms with Crippen LogP contribution in [0.4, 0.5) is 0 Å². The smallest absolute Gasteiger partial charge is 0.120 e. The summed E-state index contributed by atoms with van der Waals surface area (Å²) < 4.78 is 10.7. The van der Waals surface area contributed by atoms with E-state index in [1.165, 1.54) is 0 Å². The first-order valence-corrected chi connectivity index (χ1v) is 6.02. The van der Waals surface area contributed by atoms with Gasteiger partial charge in [0.1, 0.15) is 11.4 Å². The highest BCUT2D eigenvalue weighted by atomic mass is 16.5. The van der Waals surface area contributed by atoms with Gasteiger partial charge >= 0.3 is 0 Å². The third-order valence-corrected chi connectivity index (χ3v) is 2.85. The molecule has 0 radical (unpaired) electrons. The molecular weight excluding hydrogens is 228 g/mol. The minimum Gasteiger partial charge on any atom is -0.491 e. The zero-order valence-corrected chi connectivity index (χ0v) is 10.9. The van der Waals surface area contributed by atoms with E-state index in [0.717, 1.165) is 16.9 Å². The van der Waals surface area contributed by atoms with Gasteiger partial charge in [0.2, 0.25) is 0 Å². The number of hydrogen-bond acceptors (Lipinski definition) is 3. The number of hydrogen-bond donors (Lipinski definition) is 1. The summed E-state index contributed by atoms with van der Waals surface area (Å²) in [5, 5.41) is 10.6. The quantitative estimate of drug-likeness (QED) is 0.899. The van der Waals surface area contributed by atoms with Crippen molar-refractivity contribution in [1.82, 2.24) is 0 Å². The Morgan fingerprint density at radius 1 is 1.22 bits per heavy atom. The van der Waals surface area contributed by atoms with Gasteiger partial charge in [0.15, 0.2) is 0 Å². The Morgan fingerprint density at radius 2 is 2.00 bits per heavy atom. The van der Waals surface area contributed by atoms with Gasteiger partial charge < -0.3 is 14.3 Å². The first-order valence-electron chi connectivity index (χ1n) is 6.02. The SMILES string of the molecule is CC(C)Oc1cccc(C(C)(O)c2ccoc2)c1. The Morgan fingerprint density at radius 3 is 2.61 bits per heavy atom. The molecule has 0 amide bonds. The molecule has 1 atom stereocenters. The van der Waals surface area contributed by atoms with Crippen molar-refractivity contribution >= 4 is 0 Å². The highest BCUT2D eigenvalue weighted by Crippen LogP contribution is 2.31. The second-order valence-corrected chi connectivity index (χ2v) is 4.78. The molecule has 96 valence electrons. The lowest BCUT2D eigenvalue weighted by Crippen LogP contribution is -2.22. The molecule has 1 unspecified atom stereocenters. The zero-order chi connectivity index (χ0) is 13.2. The van der Waals surface area contributed by atoms with Crippen molar-refractivity contribution < 1.29 is 14.3 Å². The topological polar surface area (TPSA) is 42.6 Å². The minimum atomic E-state index is -1.08. The minimum absolute atomic E-state index is 0.110. The highest BCUT2D eigenvalue weighted by Gasteiger charge is 2.27. The maximum atomic E-state index is 10.6. The second kappa shape index (κ2) is 4.86. The Kier molecular flexibility index (Phi) is 3.43. The van der Waals surface area contributed by atoms with E-state index >= 15 is 0 Å². The van der Waals surface area contributed by atoms with Crippen LogP contribution in [0.2, 0.25) is 0 Å². The Labute approximate surface area is 107 Å². The molecule has 0 aliphatic rings. The summed E-state index contributed by atoms with van der Waals surface area (Å²) in [5.74, 6) is 0.756. The van der Waals surface area contributed by atoms with Crippen LogP contribution in [0.3, 0.4) is 0 Å². The Balaban J connectivity index is 2.33. The average molecular weight is 246 g/mol. The normalized spacial score (nSPS) is 14.5. The van der Waals surface area contributed by atoms with E-state index in [9.17, 15) is 5.11 Å². The van der Waals surface area contributed by atoms with Crippen molar-refractivity contribution in [3.63, 3.8) is 0 Å². The molecule has 0 fully saturated rings. The maximum absolute atomic E-state index is 10.6. The Bertz CT molecular complexity index is 498. The van der Waals surface area contributed by atoms with E-state index in [1.807, 2.05) is 38.1 Å². The number of furan rings is 1. The summed E-state index contributed by atoms with van der Waals surface area (Å²) in [5.41, 5.74) is 0.426. The fourth-order valence-electron chi connectivity index (χ4n) is 1.85. The number of benzene rings is 1. The van der Waals surface area contributed by atoms with E-state index in [1.54, 1.807) is 25.5 Å². The van der Waals surface area contributed by atoms with Gasteiger partial charge in [-0.15, -0.1) is 0 Å². The van der Waals surface area contributed by atoms with Gasteiger partial charge in [0, 0.05) is 5.56 Å². The highest BCUT2D eigenvalue weighted by molar-refractivity contribution is 5.38. The van der Waals surface area contributed by atoms with Gasteiger partial charge in [-0.3, -0.25) is 0 Å². The first-order chi connectivity index (χ1) is 8.50. The molecule has 0 aliphatic heterocycles. The lowest BCUT2D eigenvalue weighted by molar-refractivity contribution is 0.101. The molecule has 2 rings (SSSR count). The maximum Gasteiger partial charge on any atom is 0.120 e. The fraction of sp³-hybridized carbons (Fsp3) is 0.333.